The number of hydrogen-bond donors (Lipinski definition) is 1. The van der Waals surface area contributed by atoms with Gasteiger partial charge in [-0.05, 0) is 41.0 Å². The van der Waals surface area contributed by atoms with E-state index < -0.39 is 23.5 Å². The summed E-state index contributed by atoms with van der Waals surface area (Å²) in [5.41, 5.74) is -2.04. The van der Waals surface area contributed by atoms with Gasteiger partial charge in [0.1, 0.15) is 0 Å². The van der Waals surface area contributed by atoms with Gasteiger partial charge in [-0.25, -0.2) is 0 Å². The highest BCUT2D eigenvalue weighted by molar-refractivity contribution is 5.60. The zero-order valence-corrected chi connectivity index (χ0v) is 14.7. The Morgan fingerprint density at radius 2 is 1.52 bits per heavy atom. The number of aliphatic hydroxyl groups excluding tert-OH is 1. The van der Waals surface area contributed by atoms with Gasteiger partial charge in [0.2, 0.25) is 5.82 Å². The molecule has 5 nitrogen and oxygen atoms in total. The molecule has 1 N–H and O–H groups in total. The quantitative estimate of drug-likeness (QED) is 0.640. The Balaban J connectivity index is 2.02. The lowest BCUT2D eigenvalue weighted by atomic mass is 9.96. The van der Waals surface area contributed by atoms with Crippen molar-refractivity contribution in [2.75, 3.05) is 6.61 Å². The average molecular weight is 416 g/mol. The third-order valence-electron chi connectivity index (χ3n) is 4.05. The van der Waals surface area contributed by atoms with Crippen LogP contribution in [0.1, 0.15) is 22.3 Å². The van der Waals surface area contributed by atoms with Crippen molar-refractivity contribution in [2.24, 2.45) is 0 Å². The summed E-state index contributed by atoms with van der Waals surface area (Å²) in [6.45, 7) is -0.125. The Morgan fingerprint density at radius 1 is 0.897 bits per heavy atom. The molecular formula is C18H14F6N4O. The number of hydrogen-bond acceptors (Lipinski definition) is 4. The monoisotopic (exact) mass is 416 g/mol. The minimum atomic E-state index is -4.91. The Bertz CT molecular complexity index is 964. The van der Waals surface area contributed by atoms with Gasteiger partial charge in [-0.15, -0.1) is 10.2 Å². The van der Waals surface area contributed by atoms with Crippen molar-refractivity contribution < 1.29 is 31.4 Å². The molecule has 0 bridgehead atoms. The van der Waals surface area contributed by atoms with Crippen LogP contribution in [0.2, 0.25) is 0 Å². The molecule has 2 aromatic carbocycles. The van der Waals surface area contributed by atoms with Gasteiger partial charge in [0, 0.05) is 5.56 Å². The number of aromatic nitrogens is 4. The minimum absolute atomic E-state index is 0.0947. The number of benzene rings is 2. The predicted molar refractivity (Wildman–Crippen MR) is 89.6 cm³/mol. The molecule has 1 heterocycles. The normalized spacial score (nSPS) is 12.4. The van der Waals surface area contributed by atoms with Crippen LogP contribution >= 0.6 is 0 Å². The van der Waals surface area contributed by atoms with Crippen LogP contribution in [-0.4, -0.2) is 31.9 Å². The third-order valence-corrected chi connectivity index (χ3v) is 4.05. The molecule has 0 aliphatic carbocycles. The Morgan fingerprint density at radius 3 is 2.10 bits per heavy atom. The lowest BCUT2D eigenvalue weighted by Crippen LogP contribution is -2.12. The van der Waals surface area contributed by atoms with Gasteiger partial charge in [-0.3, -0.25) is 0 Å². The van der Waals surface area contributed by atoms with Crippen molar-refractivity contribution >= 4 is 0 Å². The van der Waals surface area contributed by atoms with E-state index in [0.29, 0.717) is 23.3 Å². The van der Waals surface area contributed by atoms with Crippen LogP contribution in [0.25, 0.3) is 11.4 Å². The highest BCUT2D eigenvalue weighted by Gasteiger charge is 2.36. The maximum Gasteiger partial charge on any atom is 0.416 e. The molecule has 0 amide bonds. The summed E-state index contributed by atoms with van der Waals surface area (Å²) in [6, 6.07) is 7.89. The van der Waals surface area contributed by atoms with E-state index in [2.05, 4.69) is 15.4 Å². The van der Waals surface area contributed by atoms with Gasteiger partial charge in [-0.2, -0.15) is 31.1 Å². The second-order valence-corrected chi connectivity index (χ2v) is 6.18. The van der Waals surface area contributed by atoms with Gasteiger partial charge < -0.3 is 5.11 Å². The number of rotatable bonds is 5. The van der Waals surface area contributed by atoms with Crippen LogP contribution in [-0.2, 0) is 25.3 Å². The second-order valence-electron chi connectivity index (χ2n) is 6.18. The van der Waals surface area contributed by atoms with E-state index in [1.54, 1.807) is 24.3 Å². The van der Waals surface area contributed by atoms with Crippen molar-refractivity contribution in [1.82, 2.24) is 20.2 Å². The molecule has 0 fully saturated rings. The lowest BCUT2D eigenvalue weighted by Gasteiger charge is -2.15. The first-order chi connectivity index (χ1) is 13.6. The Hall–Kier alpha value is -2.95. The highest BCUT2D eigenvalue weighted by Crippen LogP contribution is 2.37. The summed E-state index contributed by atoms with van der Waals surface area (Å²) in [7, 11) is 0. The molecule has 0 atom stereocenters. The van der Waals surface area contributed by atoms with E-state index >= 15 is 0 Å². The van der Waals surface area contributed by atoms with Crippen molar-refractivity contribution in [3.05, 3.63) is 64.7 Å². The second kappa shape index (κ2) is 7.82. The standard InChI is InChI=1S/C18H14F6N4O/c19-17(20,21)13-8-11(9-14(10-13)18(22,23)24)7-12-3-1-2-4-15(12)16-25-27-28(26-16)5-6-29/h1-4,8-10,29H,5-7H2. The van der Waals surface area contributed by atoms with Crippen LogP contribution in [0.5, 0.6) is 0 Å². The number of aliphatic hydroxyl groups is 1. The molecule has 1 aromatic heterocycles. The molecule has 0 unspecified atom stereocenters. The van der Waals surface area contributed by atoms with E-state index in [4.69, 9.17) is 5.11 Å². The molecule has 0 aliphatic rings. The Labute approximate surface area is 160 Å². The zero-order chi connectivity index (χ0) is 21.2. The van der Waals surface area contributed by atoms with Gasteiger partial charge in [0.15, 0.2) is 0 Å². The summed E-state index contributed by atoms with van der Waals surface area (Å²) in [4.78, 5) is 1.14. The molecule has 11 heteroatoms. The van der Waals surface area contributed by atoms with Gasteiger partial charge >= 0.3 is 12.4 Å². The fourth-order valence-electron chi connectivity index (χ4n) is 2.77. The first-order valence-electron chi connectivity index (χ1n) is 8.33. The number of halogens is 6. The van der Waals surface area contributed by atoms with Crippen molar-refractivity contribution in [2.45, 2.75) is 25.3 Å². The Kier molecular flexibility index (Phi) is 5.60. The molecule has 0 saturated heterocycles. The van der Waals surface area contributed by atoms with Crippen LogP contribution in [0, 0.1) is 0 Å². The number of alkyl halides is 6. The molecular weight excluding hydrogens is 402 g/mol. The summed E-state index contributed by atoms with van der Waals surface area (Å²) < 4.78 is 78.5. The molecule has 29 heavy (non-hydrogen) atoms. The third kappa shape index (κ3) is 4.91. The summed E-state index contributed by atoms with van der Waals surface area (Å²) in [5.74, 6) is 0.150. The number of tetrazole rings is 1. The fraction of sp³-hybridized carbons (Fsp3) is 0.278. The minimum Gasteiger partial charge on any atom is -0.394 e. The molecule has 3 aromatic rings. The molecule has 3 rings (SSSR count). The van der Waals surface area contributed by atoms with E-state index in [9.17, 15) is 26.3 Å². The van der Waals surface area contributed by atoms with E-state index in [-0.39, 0.29) is 37.0 Å². The molecule has 0 spiro atoms. The summed E-state index contributed by atoms with van der Waals surface area (Å²) in [6.07, 6.45) is -10.0. The van der Waals surface area contributed by atoms with E-state index in [0.717, 1.165) is 4.80 Å². The molecule has 0 radical (unpaired) electrons. The highest BCUT2D eigenvalue weighted by atomic mass is 19.4. The van der Waals surface area contributed by atoms with Gasteiger partial charge in [-0.1, -0.05) is 24.3 Å². The SMILES string of the molecule is OCCn1nnc(-c2ccccc2Cc2cc(C(F)(F)F)cc(C(F)(F)F)c2)n1. The molecule has 0 aliphatic heterocycles. The van der Waals surface area contributed by atoms with Crippen LogP contribution in [0.15, 0.2) is 42.5 Å². The van der Waals surface area contributed by atoms with E-state index in [1.165, 1.54) is 0 Å². The van der Waals surface area contributed by atoms with Gasteiger partial charge in [0.25, 0.3) is 0 Å². The summed E-state index contributed by atoms with van der Waals surface area (Å²) in [5, 5.41) is 20.6. The topological polar surface area (TPSA) is 63.8 Å². The summed E-state index contributed by atoms with van der Waals surface area (Å²) >= 11 is 0. The van der Waals surface area contributed by atoms with Crippen molar-refractivity contribution in [3.63, 3.8) is 0 Å². The first-order valence-corrected chi connectivity index (χ1v) is 8.33. The zero-order valence-electron chi connectivity index (χ0n) is 14.7. The lowest BCUT2D eigenvalue weighted by molar-refractivity contribution is -0.143. The van der Waals surface area contributed by atoms with E-state index in [1.807, 2.05) is 0 Å². The molecule has 0 saturated carbocycles. The van der Waals surface area contributed by atoms with Crippen LogP contribution < -0.4 is 0 Å². The fourth-order valence-corrected chi connectivity index (χ4v) is 2.77. The van der Waals surface area contributed by atoms with Crippen LogP contribution in [0.3, 0.4) is 0 Å². The largest absolute Gasteiger partial charge is 0.416 e. The smallest absolute Gasteiger partial charge is 0.394 e. The first kappa shape index (κ1) is 20.8. The number of nitrogens with zero attached hydrogens (tertiary/aromatic N) is 4. The van der Waals surface area contributed by atoms with Gasteiger partial charge in [0.05, 0.1) is 24.3 Å². The van der Waals surface area contributed by atoms with Crippen LogP contribution in [0.4, 0.5) is 26.3 Å². The maximum absolute atomic E-state index is 13.1. The van der Waals surface area contributed by atoms with Crippen molar-refractivity contribution in [1.29, 1.82) is 0 Å². The molecule has 154 valence electrons. The van der Waals surface area contributed by atoms with Crippen molar-refractivity contribution in [3.8, 4) is 11.4 Å². The predicted octanol–water partition coefficient (Wildman–Crippen LogP) is 3.96. The maximum atomic E-state index is 13.1. The average Bonchev–Trinajstić information content (AvgIpc) is 3.09.